The zero-order chi connectivity index (χ0) is 16.4. The molecule has 1 atom stereocenters. The SMILES string of the molecule is Cc1cccc(NC(=S)N2CCN([C@@H]3CCS(=O)(=O)C3)CC2)c1. The van der Waals surface area contributed by atoms with Gasteiger partial charge in [0.2, 0.25) is 0 Å². The minimum atomic E-state index is -2.81. The van der Waals surface area contributed by atoms with E-state index in [0.29, 0.717) is 11.5 Å². The second-order valence-electron chi connectivity index (χ2n) is 6.38. The fraction of sp³-hybridized carbons (Fsp3) is 0.562. The van der Waals surface area contributed by atoms with Gasteiger partial charge in [-0.2, -0.15) is 0 Å². The van der Waals surface area contributed by atoms with Crippen LogP contribution in [0, 0.1) is 6.92 Å². The average Bonchev–Trinajstić information content (AvgIpc) is 2.87. The summed E-state index contributed by atoms with van der Waals surface area (Å²) < 4.78 is 23.2. The average molecular weight is 354 g/mol. The maximum absolute atomic E-state index is 11.6. The third-order valence-electron chi connectivity index (χ3n) is 4.60. The van der Waals surface area contributed by atoms with Gasteiger partial charge in [0, 0.05) is 37.9 Å². The molecular formula is C16H23N3O2S2. The number of anilines is 1. The quantitative estimate of drug-likeness (QED) is 0.813. The molecule has 0 saturated carbocycles. The first-order valence-electron chi connectivity index (χ1n) is 8.00. The van der Waals surface area contributed by atoms with Gasteiger partial charge in [-0.1, -0.05) is 12.1 Å². The van der Waals surface area contributed by atoms with Crippen molar-refractivity contribution in [2.75, 3.05) is 43.0 Å². The molecule has 2 heterocycles. The lowest BCUT2D eigenvalue weighted by atomic mass is 10.2. The van der Waals surface area contributed by atoms with Crippen molar-refractivity contribution in [3.05, 3.63) is 29.8 Å². The number of benzene rings is 1. The Hall–Kier alpha value is -1.18. The molecule has 5 nitrogen and oxygen atoms in total. The van der Waals surface area contributed by atoms with E-state index in [1.807, 2.05) is 12.1 Å². The van der Waals surface area contributed by atoms with Crippen molar-refractivity contribution in [3.8, 4) is 0 Å². The molecule has 23 heavy (non-hydrogen) atoms. The minimum Gasteiger partial charge on any atom is -0.346 e. The van der Waals surface area contributed by atoms with Gasteiger partial charge < -0.3 is 10.2 Å². The molecule has 2 saturated heterocycles. The Bertz CT molecular complexity index is 682. The molecule has 0 bridgehead atoms. The fourth-order valence-electron chi connectivity index (χ4n) is 3.28. The van der Waals surface area contributed by atoms with E-state index in [0.717, 1.165) is 43.4 Å². The molecule has 0 spiro atoms. The van der Waals surface area contributed by atoms with Gasteiger partial charge >= 0.3 is 0 Å². The first-order valence-corrected chi connectivity index (χ1v) is 10.2. The van der Waals surface area contributed by atoms with E-state index in [9.17, 15) is 8.42 Å². The van der Waals surface area contributed by atoms with Crippen LogP contribution in [0.3, 0.4) is 0 Å². The molecule has 0 unspecified atom stereocenters. The van der Waals surface area contributed by atoms with Crippen molar-refractivity contribution < 1.29 is 8.42 Å². The molecular weight excluding hydrogens is 330 g/mol. The highest BCUT2D eigenvalue weighted by Crippen LogP contribution is 2.19. The third-order valence-corrected chi connectivity index (χ3v) is 6.71. The maximum Gasteiger partial charge on any atom is 0.173 e. The van der Waals surface area contributed by atoms with E-state index in [1.165, 1.54) is 5.56 Å². The second-order valence-corrected chi connectivity index (χ2v) is 8.99. The molecule has 2 fully saturated rings. The Morgan fingerprint density at radius 1 is 1.26 bits per heavy atom. The van der Waals surface area contributed by atoms with E-state index in [-0.39, 0.29) is 6.04 Å². The summed E-state index contributed by atoms with van der Waals surface area (Å²) >= 11 is 5.51. The fourth-order valence-corrected chi connectivity index (χ4v) is 5.34. The number of aryl methyl sites for hydroxylation is 1. The molecule has 0 aromatic heterocycles. The van der Waals surface area contributed by atoms with Crippen molar-refractivity contribution in [2.45, 2.75) is 19.4 Å². The number of hydrogen-bond acceptors (Lipinski definition) is 4. The minimum absolute atomic E-state index is 0.195. The molecule has 126 valence electrons. The molecule has 0 aliphatic carbocycles. The van der Waals surface area contributed by atoms with Gasteiger partial charge in [0.05, 0.1) is 11.5 Å². The van der Waals surface area contributed by atoms with Crippen molar-refractivity contribution in [1.29, 1.82) is 0 Å². The lowest BCUT2D eigenvalue weighted by molar-refractivity contribution is 0.144. The van der Waals surface area contributed by atoms with Gasteiger partial charge in [0.25, 0.3) is 0 Å². The Morgan fingerprint density at radius 2 is 2.00 bits per heavy atom. The number of sulfone groups is 1. The molecule has 3 rings (SSSR count). The lowest BCUT2D eigenvalue weighted by Crippen LogP contribution is -2.53. The largest absolute Gasteiger partial charge is 0.346 e. The van der Waals surface area contributed by atoms with Gasteiger partial charge in [-0.3, -0.25) is 4.90 Å². The van der Waals surface area contributed by atoms with E-state index in [2.05, 4.69) is 34.2 Å². The molecule has 7 heteroatoms. The first kappa shape index (κ1) is 16.7. The summed E-state index contributed by atoms with van der Waals surface area (Å²) in [5.41, 5.74) is 2.21. The third kappa shape index (κ3) is 4.22. The molecule has 1 aromatic rings. The Kier molecular flexibility index (Phi) is 4.89. The zero-order valence-electron chi connectivity index (χ0n) is 13.4. The molecule has 2 aliphatic rings. The van der Waals surface area contributed by atoms with Crippen LogP contribution in [0.15, 0.2) is 24.3 Å². The van der Waals surface area contributed by atoms with Crippen molar-refractivity contribution in [2.24, 2.45) is 0 Å². The zero-order valence-corrected chi connectivity index (χ0v) is 15.0. The van der Waals surface area contributed by atoms with Crippen molar-refractivity contribution in [1.82, 2.24) is 9.80 Å². The molecule has 2 aliphatic heterocycles. The van der Waals surface area contributed by atoms with E-state index in [1.54, 1.807) is 0 Å². The van der Waals surface area contributed by atoms with Gasteiger partial charge in [0.1, 0.15) is 0 Å². The van der Waals surface area contributed by atoms with Crippen LogP contribution in [0.25, 0.3) is 0 Å². The maximum atomic E-state index is 11.6. The van der Waals surface area contributed by atoms with Gasteiger partial charge in [-0.25, -0.2) is 8.42 Å². The smallest absolute Gasteiger partial charge is 0.173 e. The van der Waals surface area contributed by atoms with Crippen LogP contribution in [-0.2, 0) is 9.84 Å². The number of nitrogens with one attached hydrogen (secondary N) is 1. The van der Waals surface area contributed by atoms with Crippen LogP contribution in [0.2, 0.25) is 0 Å². The number of nitrogens with zero attached hydrogens (tertiary/aromatic N) is 2. The number of thiocarbonyl (C=S) groups is 1. The van der Waals surface area contributed by atoms with Crippen molar-refractivity contribution in [3.63, 3.8) is 0 Å². The summed E-state index contributed by atoms with van der Waals surface area (Å²) in [4.78, 5) is 4.47. The van der Waals surface area contributed by atoms with Crippen molar-refractivity contribution >= 4 is 32.9 Å². The predicted molar refractivity (Wildman–Crippen MR) is 97.6 cm³/mol. The summed E-state index contributed by atoms with van der Waals surface area (Å²) in [6, 6.07) is 8.35. The highest BCUT2D eigenvalue weighted by molar-refractivity contribution is 7.91. The van der Waals surface area contributed by atoms with Crippen LogP contribution in [-0.4, -0.2) is 67.1 Å². The highest BCUT2D eigenvalue weighted by atomic mass is 32.2. The number of rotatable bonds is 2. The first-order chi connectivity index (χ1) is 10.9. The summed E-state index contributed by atoms with van der Waals surface area (Å²) in [6.07, 6.45) is 0.772. The van der Waals surface area contributed by atoms with Crippen LogP contribution >= 0.6 is 12.2 Å². The van der Waals surface area contributed by atoms with E-state index >= 15 is 0 Å². The van der Waals surface area contributed by atoms with Crippen LogP contribution in [0.1, 0.15) is 12.0 Å². The van der Waals surface area contributed by atoms with E-state index in [4.69, 9.17) is 12.2 Å². The van der Waals surface area contributed by atoms with E-state index < -0.39 is 9.84 Å². The molecule has 1 N–H and O–H groups in total. The standard InChI is InChI=1S/C16H23N3O2S2/c1-13-3-2-4-14(11-13)17-16(22)19-8-6-18(7-9-19)15-5-10-23(20,21)12-15/h2-4,11,15H,5-10,12H2,1H3,(H,17,22)/t15-/m1/s1. The normalized spacial score (nSPS) is 24.6. The topological polar surface area (TPSA) is 52.6 Å². The summed E-state index contributed by atoms with van der Waals surface area (Å²) in [5.74, 6) is 0.657. The number of piperazine rings is 1. The summed E-state index contributed by atoms with van der Waals surface area (Å²) in [7, 11) is -2.81. The van der Waals surface area contributed by atoms with Crippen LogP contribution in [0.5, 0.6) is 0 Å². The predicted octanol–water partition coefficient (Wildman–Crippen LogP) is 1.50. The highest BCUT2D eigenvalue weighted by Gasteiger charge is 2.33. The summed E-state index contributed by atoms with van der Waals surface area (Å²) in [6.45, 7) is 5.48. The van der Waals surface area contributed by atoms with Crippen LogP contribution < -0.4 is 5.32 Å². The Balaban J connectivity index is 1.51. The van der Waals surface area contributed by atoms with Crippen LogP contribution in [0.4, 0.5) is 5.69 Å². The Labute approximate surface area is 143 Å². The Morgan fingerprint density at radius 3 is 2.61 bits per heavy atom. The van der Waals surface area contributed by atoms with Gasteiger partial charge in [-0.05, 0) is 43.3 Å². The second kappa shape index (κ2) is 6.75. The number of hydrogen-bond donors (Lipinski definition) is 1. The monoisotopic (exact) mass is 353 g/mol. The summed E-state index contributed by atoms with van der Waals surface area (Å²) in [5, 5.41) is 4.04. The molecule has 0 radical (unpaired) electrons. The lowest BCUT2D eigenvalue weighted by Gasteiger charge is -2.38. The molecule has 1 aromatic carbocycles. The van der Waals surface area contributed by atoms with Gasteiger partial charge in [-0.15, -0.1) is 0 Å². The van der Waals surface area contributed by atoms with Gasteiger partial charge in [0.15, 0.2) is 14.9 Å². The molecule has 0 amide bonds.